The third-order valence-corrected chi connectivity index (χ3v) is 5.41. The average molecular weight is 510 g/mol. The third-order valence-electron chi connectivity index (χ3n) is 5.10. The maximum absolute atomic E-state index is 6.31. The summed E-state index contributed by atoms with van der Waals surface area (Å²) in [5, 5.41) is 0. The van der Waals surface area contributed by atoms with E-state index in [-0.39, 0.29) is 10.6 Å². The molecule has 0 aliphatic heterocycles. The number of hydrogen-bond acceptors (Lipinski definition) is 4. The zero-order valence-electron chi connectivity index (χ0n) is 21.2. The van der Waals surface area contributed by atoms with Crippen molar-refractivity contribution in [2.45, 2.75) is 72.3 Å². The second-order valence-corrected chi connectivity index (χ2v) is 10.1. The van der Waals surface area contributed by atoms with Crippen molar-refractivity contribution in [1.29, 1.82) is 0 Å². The van der Waals surface area contributed by atoms with Crippen LogP contribution in [0.3, 0.4) is 0 Å². The number of ether oxygens (including phenoxy) is 4. The third kappa shape index (κ3) is 9.68. The van der Waals surface area contributed by atoms with E-state index in [4.69, 9.17) is 42.1 Å². The molecule has 2 aromatic carbocycles. The van der Waals surface area contributed by atoms with Crippen molar-refractivity contribution in [2.24, 2.45) is 0 Å². The molecule has 0 heterocycles. The van der Waals surface area contributed by atoms with Crippen molar-refractivity contribution >= 4 is 23.2 Å². The lowest BCUT2D eigenvalue weighted by atomic mass is 9.93. The molecular weight excluding hydrogens is 471 g/mol. The van der Waals surface area contributed by atoms with E-state index in [0.29, 0.717) is 31.7 Å². The highest BCUT2D eigenvalue weighted by atomic mass is 35.5. The van der Waals surface area contributed by atoms with E-state index in [1.54, 1.807) is 6.08 Å². The fourth-order valence-corrected chi connectivity index (χ4v) is 3.54. The van der Waals surface area contributed by atoms with Crippen molar-refractivity contribution in [3.8, 4) is 23.0 Å². The zero-order chi connectivity index (χ0) is 25.1. The van der Waals surface area contributed by atoms with Gasteiger partial charge in [0, 0.05) is 11.1 Å². The molecule has 4 nitrogen and oxygen atoms in total. The number of benzene rings is 2. The Kier molecular flexibility index (Phi) is 11.9. The lowest BCUT2D eigenvalue weighted by Crippen LogP contribution is -2.08. The fraction of sp³-hybridized carbons (Fsp3) is 0.500. The van der Waals surface area contributed by atoms with Gasteiger partial charge in [-0.3, -0.25) is 0 Å². The summed E-state index contributed by atoms with van der Waals surface area (Å²) < 4.78 is 23.9. The molecule has 0 unspecified atom stereocenters. The molecule has 0 aliphatic rings. The Morgan fingerprint density at radius 2 is 1.26 bits per heavy atom. The summed E-state index contributed by atoms with van der Waals surface area (Å²) in [4.78, 5) is 0. The van der Waals surface area contributed by atoms with Gasteiger partial charge >= 0.3 is 0 Å². The van der Waals surface area contributed by atoms with E-state index in [2.05, 4.69) is 39.8 Å². The van der Waals surface area contributed by atoms with E-state index in [9.17, 15) is 0 Å². The van der Waals surface area contributed by atoms with Gasteiger partial charge in [0.05, 0.1) is 19.3 Å². The summed E-state index contributed by atoms with van der Waals surface area (Å²) in [5.74, 6) is 4.06. The van der Waals surface area contributed by atoms with E-state index in [0.717, 1.165) is 47.0 Å². The van der Waals surface area contributed by atoms with E-state index >= 15 is 0 Å². The van der Waals surface area contributed by atoms with Crippen LogP contribution in [-0.4, -0.2) is 25.9 Å². The molecule has 0 bridgehead atoms. The maximum atomic E-state index is 6.31. The predicted octanol–water partition coefficient (Wildman–Crippen LogP) is 8.66. The molecular formula is C28H38Cl2O4. The first-order valence-corrected chi connectivity index (χ1v) is 12.8. The predicted molar refractivity (Wildman–Crippen MR) is 142 cm³/mol. The highest BCUT2D eigenvalue weighted by Crippen LogP contribution is 2.38. The Hall–Kier alpha value is -2.04. The van der Waals surface area contributed by atoms with Crippen LogP contribution in [0.5, 0.6) is 23.0 Å². The van der Waals surface area contributed by atoms with Crippen LogP contribution in [-0.2, 0) is 0 Å². The molecule has 6 heteroatoms. The van der Waals surface area contributed by atoms with E-state index in [1.165, 1.54) is 0 Å². The van der Waals surface area contributed by atoms with Gasteiger partial charge in [-0.2, -0.15) is 0 Å². The molecule has 0 saturated carbocycles. The molecule has 0 fully saturated rings. The molecule has 0 radical (unpaired) electrons. The topological polar surface area (TPSA) is 36.9 Å². The Morgan fingerprint density at radius 1 is 0.735 bits per heavy atom. The summed E-state index contributed by atoms with van der Waals surface area (Å²) in [5.41, 5.74) is 2.28. The van der Waals surface area contributed by atoms with Crippen LogP contribution in [0.1, 0.15) is 77.3 Å². The van der Waals surface area contributed by atoms with Gasteiger partial charge in [-0.25, -0.2) is 0 Å². The minimum absolute atomic E-state index is 0.162. The maximum Gasteiger partial charge on any atom is 0.126 e. The number of rotatable bonds is 14. The Labute approximate surface area is 215 Å². The Morgan fingerprint density at radius 3 is 1.76 bits per heavy atom. The van der Waals surface area contributed by atoms with Crippen LogP contribution in [0.2, 0.25) is 0 Å². The van der Waals surface area contributed by atoms with E-state index < -0.39 is 0 Å². The second kappa shape index (κ2) is 14.4. The first-order chi connectivity index (χ1) is 16.2. The lowest BCUT2D eigenvalue weighted by molar-refractivity contribution is 0.241. The first kappa shape index (κ1) is 28.2. The van der Waals surface area contributed by atoms with Crippen molar-refractivity contribution in [2.75, 3.05) is 19.8 Å². The normalized spacial score (nSPS) is 11.1. The molecule has 0 saturated heterocycles. The molecule has 0 spiro atoms. The molecule has 0 aromatic heterocycles. The molecule has 34 heavy (non-hydrogen) atoms. The molecule has 188 valence electrons. The summed E-state index contributed by atoms with van der Waals surface area (Å²) in [6.07, 6.45) is 3.61. The van der Waals surface area contributed by atoms with Crippen LogP contribution < -0.4 is 18.9 Å². The van der Waals surface area contributed by atoms with Crippen LogP contribution in [0.4, 0.5) is 0 Å². The smallest absolute Gasteiger partial charge is 0.126 e. The Bertz CT molecular complexity index is 872. The minimum atomic E-state index is 0.162. The lowest BCUT2D eigenvalue weighted by Gasteiger charge is -2.22. The van der Waals surface area contributed by atoms with Gasteiger partial charge in [-0.1, -0.05) is 50.9 Å². The van der Waals surface area contributed by atoms with Crippen molar-refractivity contribution in [3.63, 3.8) is 0 Å². The van der Waals surface area contributed by atoms with Crippen LogP contribution in [0.15, 0.2) is 47.0 Å². The largest absolute Gasteiger partial charge is 0.494 e. The van der Waals surface area contributed by atoms with E-state index in [1.807, 2.05) is 38.1 Å². The van der Waals surface area contributed by atoms with Crippen LogP contribution in [0, 0.1) is 0 Å². The van der Waals surface area contributed by atoms with Gasteiger partial charge in [0.25, 0.3) is 0 Å². The summed E-state index contributed by atoms with van der Waals surface area (Å²) in [6.45, 7) is 14.3. The van der Waals surface area contributed by atoms with Gasteiger partial charge in [0.2, 0.25) is 0 Å². The van der Waals surface area contributed by atoms with Crippen LogP contribution >= 0.6 is 23.2 Å². The number of unbranched alkanes of at least 4 members (excludes halogenated alkanes) is 1. The second-order valence-electron chi connectivity index (χ2n) is 9.09. The standard InChI is InChI=1S/C28H38Cl2O4/c1-19(2)25-17-24(32-16-13-27(29)30)18-26(20(3)4)28(25)33-15-8-7-14-31-22-9-11-23(12-10-22)34-21(5)6/h9-13,17-21H,7-8,14-16H2,1-6H3. The number of halogens is 2. The van der Waals surface area contributed by atoms with Crippen molar-refractivity contribution < 1.29 is 18.9 Å². The van der Waals surface area contributed by atoms with Crippen LogP contribution in [0.25, 0.3) is 0 Å². The number of hydrogen-bond donors (Lipinski definition) is 0. The molecule has 0 amide bonds. The highest BCUT2D eigenvalue weighted by Gasteiger charge is 2.18. The summed E-state index contributed by atoms with van der Waals surface area (Å²) in [6, 6.07) is 11.9. The minimum Gasteiger partial charge on any atom is -0.494 e. The van der Waals surface area contributed by atoms with Gasteiger partial charge in [0.15, 0.2) is 0 Å². The molecule has 2 rings (SSSR count). The molecule has 0 aliphatic carbocycles. The van der Waals surface area contributed by atoms with Gasteiger partial charge in [0.1, 0.15) is 34.1 Å². The van der Waals surface area contributed by atoms with Crippen molar-refractivity contribution in [3.05, 3.63) is 58.1 Å². The summed E-state index contributed by atoms with van der Waals surface area (Å²) >= 11 is 11.4. The van der Waals surface area contributed by atoms with Gasteiger partial charge < -0.3 is 18.9 Å². The van der Waals surface area contributed by atoms with Crippen molar-refractivity contribution in [1.82, 2.24) is 0 Å². The zero-order valence-corrected chi connectivity index (χ0v) is 22.7. The monoisotopic (exact) mass is 508 g/mol. The SMILES string of the molecule is CC(C)Oc1ccc(OCCCCOc2c(C(C)C)cc(OCC=C(Cl)Cl)cc2C(C)C)cc1. The molecule has 0 atom stereocenters. The molecule has 2 aromatic rings. The quantitative estimate of drug-likeness (QED) is 0.239. The molecule has 0 N–H and O–H groups in total. The summed E-state index contributed by atoms with van der Waals surface area (Å²) in [7, 11) is 0. The highest BCUT2D eigenvalue weighted by molar-refractivity contribution is 6.55. The Balaban J connectivity index is 1.91. The first-order valence-electron chi connectivity index (χ1n) is 12.0. The van der Waals surface area contributed by atoms with Gasteiger partial charge in [-0.05, 0) is 81.0 Å². The van der Waals surface area contributed by atoms with Gasteiger partial charge in [-0.15, -0.1) is 0 Å². The average Bonchev–Trinajstić information content (AvgIpc) is 2.76. The fourth-order valence-electron chi connectivity index (χ4n) is 3.41.